The molecule has 82 valence electrons. The fourth-order valence-electron chi connectivity index (χ4n) is 2.81. The third kappa shape index (κ3) is 2.71. The van der Waals surface area contributed by atoms with Gasteiger partial charge in [0.25, 0.3) is 0 Å². The molecule has 0 saturated carbocycles. The van der Waals surface area contributed by atoms with Gasteiger partial charge in [0.15, 0.2) is 0 Å². The average Bonchev–Trinajstić information content (AvgIpc) is 2.60. The lowest BCUT2D eigenvalue weighted by Crippen LogP contribution is -2.40. The topological polar surface area (TPSA) is 6.48 Å². The van der Waals surface area contributed by atoms with E-state index in [1.54, 1.807) is 0 Å². The van der Waals surface area contributed by atoms with Gasteiger partial charge in [0, 0.05) is 12.6 Å². The molecular weight excluding hydrogens is 172 g/mol. The fraction of sp³-hybridized carbons (Fsp3) is 1.00. The lowest BCUT2D eigenvalue weighted by atomic mass is 10.1. The van der Waals surface area contributed by atoms with Crippen LogP contribution >= 0.6 is 0 Å². The van der Waals surface area contributed by atoms with Crippen LogP contribution in [-0.2, 0) is 0 Å². The van der Waals surface area contributed by atoms with Crippen molar-refractivity contribution in [2.45, 2.75) is 44.6 Å². The van der Waals surface area contributed by atoms with Crippen LogP contribution in [0.2, 0.25) is 0 Å². The second-order valence-electron chi connectivity index (χ2n) is 4.99. The Labute approximate surface area is 88.3 Å². The number of likely N-dealkylation sites (tertiary alicyclic amines) is 2. The molecule has 2 rings (SSSR count). The maximum absolute atomic E-state index is 2.66. The minimum Gasteiger partial charge on any atom is -0.302 e. The maximum Gasteiger partial charge on any atom is 0.0220 e. The van der Waals surface area contributed by atoms with Gasteiger partial charge in [-0.1, -0.05) is 12.8 Å². The summed E-state index contributed by atoms with van der Waals surface area (Å²) in [4.78, 5) is 5.25. The first kappa shape index (κ1) is 10.4. The standard InChI is InChI=1S/C12H24N2/c1-13-8-4-2-3-7-12(13)11-14-9-5-6-10-14/h12H,2-11H2,1H3. The van der Waals surface area contributed by atoms with Gasteiger partial charge in [-0.05, 0) is 52.4 Å². The molecule has 0 N–H and O–H groups in total. The van der Waals surface area contributed by atoms with Crippen molar-refractivity contribution in [3.05, 3.63) is 0 Å². The third-order valence-electron chi connectivity index (χ3n) is 3.84. The zero-order valence-corrected chi connectivity index (χ0v) is 9.54. The summed E-state index contributed by atoms with van der Waals surface area (Å²) in [6, 6.07) is 0.843. The van der Waals surface area contributed by atoms with Crippen molar-refractivity contribution >= 4 is 0 Å². The summed E-state index contributed by atoms with van der Waals surface area (Å²) in [5.74, 6) is 0. The molecule has 2 heteroatoms. The molecule has 0 bridgehead atoms. The van der Waals surface area contributed by atoms with Gasteiger partial charge in [-0.15, -0.1) is 0 Å². The minimum absolute atomic E-state index is 0.843. The van der Waals surface area contributed by atoms with Crippen molar-refractivity contribution in [1.29, 1.82) is 0 Å². The smallest absolute Gasteiger partial charge is 0.0220 e. The summed E-state index contributed by atoms with van der Waals surface area (Å²) in [6.07, 6.45) is 8.58. The van der Waals surface area contributed by atoms with Gasteiger partial charge in [0.2, 0.25) is 0 Å². The molecule has 0 aliphatic carbocycles. The van der Waals surface area contributed by atoms with E-state index in [4.69, 9.17) is 0 Å². The Kier molecular flexibility index (Phi) is 3.82. The lowest BCUT2D eigenvalue weighted by molar-refractivity contribution is 0.181. The van der Waals surface area contributed by atoms with Crippen molar-refractivity contribution in [1.82, 2.24) is 9.80 Å². The summed E-state index contributed by atoms with van der Waals surface area (Å²) < 4.78 is 0. The van der Waals surface area contributed by atoms with Crippen molar-refractivity contribution < 1.29 is 0 Å². The lowest BCUT2D eigenvalue weighted by Gasteiger charge is -2.29. The monoisotopic (exact) mass is 196 g/mol. The second kappa shape index (κ2) is 5.13. The Bertz CT molecular complexity index is 164. The first-order chi connectivity index (χ1) is 6.86. The predicted octanol–water partition coefficient (Wildman–Crippen LogP) is 1.96. The summed E-state index contributed by atoms with van der Waals surface area (Å²) in [6.45, 7) is 5.35. The number of rotatable bonds is 2. The maximum atomic E-state index is 2.66. The summed E-state index contributed by atoms with van der Waals surface area (Å²) in [5.41, 5.74) is 0. The number of hydrogen-bond acceptors (Lipinski definition) is 2. The minimum atomic E-state index is 0.843. The summed E-state index contributed by atoms with van der Waals surface area (Å²) in [7, 11) is 2.31. The molecule has 2 saturated heterocycles. The van der Waals surface area contributed by atoms with Crippen LogP contribution in [0.1, 0.15) is 38.5 Å². The van der Waals surface area contributed by atoms with E-state index in [0.29, 0.717) is 0 Å². The van der Waals surface area contributed by atoms with E-state index in [9.17, 15) is 0 Å². The van der Waals surface area contributed by atoms with E-state index in [2.05, 4.69) is 16.8 Å². The third-order valence-corrected chi connectivity index (χ3v) is 3.84. The average molecular weight is 196 g/mol. The van der Waals surface area contributed by atoms with Crippen LogP contribution in [-0.4, -0.2) is 49.1 Å². The SMILES string of the molecule is CN1CCCCCC1CN1CCCC1. The molecule has 2 heterocycles. The van der Waals surface area contributed by atoms with Gasteiger partial charge in [-0.25, -0.2) is 0 Å². The van der Waals surface area contributed by atoms with Crippen molar-refractivity contribution in [2.24, 2.45) is 0 Å². The van der Waals surface area contributed by atoms with Crippen molar-refractivity contribution in [3.63, 3.8) is 0 Å². The number of nitrogens with zero attached hydrogens (tertiary/aromatic N) is 2. The Morgan fingerprint density at radius 1 is 0.929 bits per heavy atom. The fourth-order valence-corrected chi connectivity index (χ4v) is 2.81. The molecule has 14 heavy (non-hydrogen) atoms. The number of likely N-dealkylation sites (N-methyl/N-ethyl adjacent to an activating group) is 1. The van der Waals surface area contributed by atoms with E-state index in [0.717, 1.165) is 6.04 Å². The van der Waals surface area contributed by atoms with Crippen LogP contribution in [0.15, 0.2) is 0 Å². The van der Waals surface area contributed by atoms with Gasteiger partial charge >= 0.3 is 0 Å². The van der Waals surface area contributed by atoms with Crippen molar-refractivity contribution in [3.8, 4) is 0 Å². The van der Waals surface area contributed by atoms with E-state index >= 15 is 0 Å². The molecule has 0 spiro atoms. The first-order valence-electron chi connectivity index (χ1n) is 6.29. The summed E-state index contributed by atoms with van der Waals surface area (Å²) in [5, 5.41) is 0. The van der Waals surface area contributed by atoms with Gasteiger partial charge in [0.1, 0.15) is 0 Å². The molecule has 2 fully saturated rings. The molecule has 0 radical (unpaired) electrons. The van der Waals surface area contributed by atoms with Gasteiger partial charge < -0.3 is 9.80 Å². The second-order valence-corrected chi connectivity index (χ2v) is 4.99. The largest absolute Gasteiger partial charge is 0.302 e. The molecule has 2 nitrogen and oxygen atoms in total. The van der Waals surface area contributed by atoms with Crippen LogP contribution in [0.3, 0.4) is 0 Å². The molecule has 1 unspecified atom stereocenters. The Balaban J connectivity index is 1.81. The quantitative estimate of drug-likeness (QED) is 0.666. The Hall–Kier alpha value is -0.0800. The van der Waals surface area contributed by atoms with Gasteiger partial charge in [-0.2, -0.15) is 0 Å². The van der Waals surface area contributed by atoms with Crippen LogP contribution in [0, 0.1) is 0 Å². The molecule has 2 aliphatic rings. The zero-order chi connectivity index (χ0) is 9.80. The summed E-state index contributed by atoms with van der Waals surface area (Å²) >= 11 is 0. The normalized spacial score (nSPS) is 31.9. The highest BCUT2D eigenvalue weighted by atomic mass is 15.2. The van der Waals surface area contributed by atoms with Gasteiger partial charge in [-0.3, -0.25) is 0 Å². The Morgan fingerprint density at radius 2 is 1.64 bits per heavy atom. The molecule has 1 atom stereocenters. The van der Waals surface area contributed by atoms with Crippen LogP contribution in [0.4, 0.5) is 0 Å². The Morgan fingerprint density at radius 3 is 2.43 bits per heavy atom. The van der Waals surface area contributed by atoms with E-state index < -0.39 is 0 Å². The van der Waals surface area contributed by atoms with E-state index in [-0.39, 0.29) is 0 Å². The molecule has 0 amide bonds. The van der Waals surface area contributed by atoms with E-state index in [1.807, 2.05) is 0 Å². The zero-order valence-electron chi connectivity index (χ0n) is 9.54. The molecular formula is C12H24N2. The first-order valence-corrected chi connectivity index (χ1v) is 6.29. The predicted molar refractivity (Wildman–Crippen MR) is 60.6 cm³/mol. The highest BCUT2D eigenvalue weighted by Gasteiger charge is 2.21. The highest BCUT2D eigenvalue weighted by Crippen LogP contribution is 2.18. The van der Waals surface area contributed by atoms with Crippen molar-refractivity contribution in [2.75, 3.05) is 33.2 Å². The van der Waals surface area contributed by atoms with Crippen LogP contribution in [0.5, 0.6) is 0 Å². The molecule has 0 aromatic rings. The molecule has 2 aliphatic heterocycles. The van der Waals surface area contributed by atoms with Crippen LogP contribution < -0.4 is 0 Å². The number of hydrogen-bond donors (Lipinski definition) is 0. The van der Waals surface area contributed by atoms with Crippen LogP contribution in [0.25, 0.3) is 0 Å². The van der Waals surface area contributed by atoms with E-state index in [1.165, 1.54) is 64.7 Å². The highest BCUT2D eigenvalue weighted by molar-refractivity contribution is 4.78. The molecule has 0 aromatic heterocycles. The molecule has 0 aromatic carbocycles. The van der Waals surface area contributed by atoms with Gasteiger partial charge in [0.05, 0.1) is 0 Å².